The molecule has 2 fully saturated rings. The molecule has 18 heavy (non-hydrogen) atoms. The van der Waals surface area contributed by atoms with Crippen LogP contribution in [0.3, 0.4) is 0 Å². The van der Waals surface area contributed by atoms with Gasteiger partial charge in [0.05, 0.1) is 5.92 Å². The van der Waals surface area contributed by atoms with Crippen molar-refractivity contribution in [3.63, 3.8) is 0 Å². The van der Waals surface area contributed by atoms with Gasteiger partial charge in [-0.15, -0.1) is 0 Å². The molecule has 0 N–H and O–H groups in total. The van der Waals surface area contributed by atoms with E-state index >= 15 is 0 Å². The van der Waals surface area contributed by atoms with Crippen LogP contribution in [0.2, 0.25) is 0 Å². The quantitative estimate of drug-likeness (QED) is 0.594. The van der Waals surface area contributed by atoms with Gasteiger partial charge in [-0.1, -0.05) is 25.0 Å². The Morgan fingerprint density at radius 1 is 1.17 bits per heavy atom. The van der Waals surface area contributed by atoms with Crippen LogP contribution in [-0.4, -0.2) is 5.97 Å². The minimum Gasteiger partial charge on any atom is -0.426 e. The number of benzene rings is 1. The summed E-state index contributed by atoms with van der Waals surface area (Å²) in [5, 5.41) is 0. The smallest absolute Gasteiger partial charge is 0.314 e. The van der Waals surface area contributed by atoms with Gasteiger partial charge >= 0.3 is 5.97 Å². The Kier molecular flexibility index (Phi) is 3.11. The van der Waals surface area contributed by atoms with E-state index in [2.05, 4.69) is 12.1 Å². The molecule has 0 aliphatic heterocycles. The molecule has 0 atom stereocenters. The Hall–Kier alpha value is -1.31. The maximum absolute atomic E-state index is 11.8. The van der Waals surface area contributed by atoms with Gasteiger partial charge < -0.3 is 4.74 Å². The predicted octanol–water partition coefficient (Wildman–Crippen LogP) is 3.97. The molecule has 2 aliphatic carbocycles. The fraction of sp³-hybridized carbons (Fsp3) is 0.562. The Balaban J connectivity index is 1.84. The van der Waals surface area contributed by atoms with Crippen molar-refractivity contribution in [1.29, 1.82) is 0 Å². The lowest BCUT2D eigenvalue weighted by Gasteiger charge is -2.15. The highest BCUT2D eigenvalue weighted by atomic mass is 16.5. The highest BCUT2D eigenvalue weighted by molar-refractivity contribution is 5.77. The lowest BCUT2D eigenvalue weighted by atomic mass is 9.95. The van der Waals surface area contributed by atoms with E-state index in [1.54, 1.807) is 0 Å². The summed E-state index contributed by atoms with van der Waals surface area (Å²) in [5.41, 5.74) is 2.41. The number of carbonyl (C=O) groups is 1. The molecule has 0 bridgehead atoms. The second-order valence-electron chi connectivity index (χ2n) is 5.72. The van der Waals surface area contributed by atoms with Gasteiger partial charge in [0, 0.05) is 0 Å². The fourth-order valence-corrected chi connectivity index (χ4v) is 2.81. The molecule has 2 nitrogen and oxygen atoms in total. The summed E-state index contributed by atoms with van der Waals surface area (Å²) in [5.74, 6) is 1.55. The van der Waals surface area contributed by atoms with Crippen molar-refractivity contribution in [3.05, 3.63) is 29.3 Å². The van der Waals surface area contributed by atoms with Crippen LogP contribution in [0.15, 0.2) is 18.2 Å². The Morgan fingerprint density at radius 3 is 2.56 bits per heavy atom. The number of ether oxygens (including phenoxy) is 1. The van der Waals surface area contributed by atoms with Gasteiger partial charge in [-0.3, -0.25) is 4.79 Å². The Morgan fingerprint density at radius 2 is 1.89 bits per heavy atom. The van der Waals surface area contributed by atoms with Crippen LogP contribution in [0, 0.1) is 12.8 Å². The topological polar surface area (TPSA) is 26.3 Å². The lowest BCUT2D eigenvalue weighted by molar-refractivity contribution is -0.135. The Bertz CT molecular complexity index is 454. The third-order valence-corrected chi connectivity index (χ3v) is 4.09. The van der Waals surface area contributed by atoms with Crippen molar-refractivity contribution >= 4 is 5.97 Å². The summed E-state index contributed by atoms with van der Waals surface area (Å²) >= 11 is 0. The minimum atomic E-state index is -0.0279. The van der Waals surface area contributed by atoms with E-state index in [1.807, 2.05) is 13.0 Å². The van der Waals surface area contributed by atoms with Gasteiger partial charge in [0.1, 0.15) is 5.75 Å². The van der Waals surface area contributed by atoms with Gasteiger partial charge in [-0.05, 0) is 55.7 Å². The summed E-state index contributed by atoms with van der Waals surface area (Å²) in [6, 6.07) is 6.30. The summed E-state index contributed by atoms with van der Waals surface area (Å²) in [6.45, 7) is 2.05. The molecule has 2 aliphatic rings. The second kappa shape index (κ2) is 4.75. The number of rotatable bonds is 3. The zero-order valence-corrected chi connectivity index (χ0v) is 10.9. The van der Waals surface area contributed by atoms with E-state index in [4.69, 9.17) is 4.74 Å². The molecule has 1 aromatic rings. The molecule has 0 saturated heterocycles. The van der Waals surface area contributed by atoms with Crippen molar-refractivity contribution < 1.29 is 9.53 Å². The highest BCUT2D eigenvalue weighted by Crippen LogP contribution is 2.40. The summed E-state index contributed by atoms with van der Waals surface area (Å²) in [4.78, 5) is 11.8. The third kappa shape index (κ3) is 2.43. The summed E-state index contributed by atoms with van der Waals surface area (Å²) in [6.07, 6.45) is 7.07. The van der Waals surface area contributed by atoms with Gasteiger partial charge in [0.15, 0.2) is 0 Å². The van der Waals surface area contributed by atoms with Gasteiger partial charge in [0.25, 0.3) is 0 Å². The van der Waals surface area contributed by atoms with Crippen molar-refractivity contribution in [1.82, 2.24) is 0 Å². The van der Waals surface area contributed by atoms with Crippen LogP contribution in [0.1, 0.15) is 55.6 Å². The molecular weight excluding hydrogens is 224 g/mol. The third-order valence-electron chi connectivity index (χ3n) is 4.09. The van der Waals surface area contributed by atoms with Crippen molar-refractivity contribution in [3.8, 4) is 5.75 Å². The van der Waals surface area contributed by atoms with Crippen LogP contribution in [0.25, 0.3) is 0 Å². The molecule has 2 saturated carbocycles. The monoisotopic (exact) mass is 244 g/mol. The molecule has 3 rings (SSSR count). The summed E-state index contributed by atoms with van der Waals surface area (Å²) < 4.78 is 5.62. The molecule has 1 aromatic carbocycles. The normalized spacial score (nSPS) is 20.1. The Labute approximate surface area is 108 Å². The number of esters is 1. The molecule has 0 heterocycles. The maximum Gasteiger partial charge on any atom is 0.314 e. The zero-order chi connectivity index (χ0) is 12.5. The molecule has 0 amide bonds. The molecule has 0 spiro atoms. The van der Waals surface area contributed by atoms with Crippen LogP contribution < -0.4 is 4.74 Å². The van der Waals surface area contributed by atoms with E-state index in [-0.39, 0.29) is 11.9 Å². The van der Waals surface area contributed by atoms with E-state index in [0.717, 1.165) is 24.2 Å². The maximum atomic E-state index is 11.8. The molecule has 0 radical (unpaired) electrons. The first-order valence-electron chi connectivity index (χ1n) is 7.06. The van der Waals surface area contributed by atoms with Crippen LogP contribution >= 0.6 is 0 Å². The van der Waals surface area contributed by atoms with Crippen LogP contribution in [0.5, 0.6) is 5.75 Å². The average molecular weight is 244 g/mol. The second-order valence-corrected chi connectivity index (χ2v) is 5.72. The van der Waals surface area contributed by atoms with Crippen molar-refractivity contribution in [2.24, 2.45) is 5.92 Å². The highest BCUT2D eigenvalue weighted by Gasteiger charge is 2.32. The molecule has 0 unspecified atom stereocenters. The largest absolute Gasteiger partial charge is 0.426 e. The molecular formula is C16H20O2. The van der Waals surface area contributed by atoms with Gasteiger partial charge in [-0.25, -0.2) is 0 Å². The molecule has 0 aromatic heterocycles. The standard InChI is InChI=1S/C16H20O2/c1-11-6-9-14(12-4-2-3-5-12)15(10-11)18-16(17)13-7-8-13/h6,9-10,12-13H,2-5,7-8H2,1H3. The first-order valence-corrected chi connectivity index (χ1v) is 7.06. The van der Waals surface area contributed by atoms with Crippen molar-refractivity contribution in [2.75, 3.05) is 0 Å². The van der Waals surface area contributed by atoms with Gasteiger partial charge in [-0.2, -0.15) is 0 Å². The van der Waals surface area contributed by atoms with E-state index in [9.17, 15) is 4.79 Å². The van der Waals surface area contributed by atoms with E-state index in [1.165, 1.54) is 31.2 Å². The number of aryl methyl sites for hydroxylation is 1. The van der Waals surface area contributed by atoms with Crippen molar-refractivity contribution in [2.45, 2.75) is 51.4 Å². The van der Waals surface area contributed by atoms with Gasteiger partial charge in [0.2, 0.25) is 0 Å². The lowest BCUT2D eigenvalue weighted by Crippen LogP contribution is -2.12. The predicted molar refractivity (Wildman–Crippen MR) is 70.7 cm³/mol. The molecule has 96 valence electrons. The van der Waals surface area contributed by atoms with Crippen LogP contribution in [0.4, 0.5) is 0 Å². The first-order chi connectivity index (χ1) is 8.74. The minimum absolute atomic E-state index is 0.0279. The van der Waals surface area contributed by atoms with E-state index in [0.29, 0.717) is 5.92 Å². The number of hydrogen-bond donors (Lipinski definition) is 0. The summed E-state index contributed by atoms with van der Waals surface area (Å²) in [7, 11) is 0. The number of carbonyl (C=O) groups excluding carboxylic acids is 1. The SMILES string of the molecule is Cc1ccc(C2CCCC2)c(OC(=O)C2CC2)c1. The number of hydrogen-bond acceptors (Lipinski definition) is 2. The van der Waals surface area contributed by atoms with Crippen LogP contribution in [-0.2, 0) is 4.79 Å². The van der Waals surface area contributed by atoms with E-state index < -0.39 is 0 Å². The first kappa shape index (κ1) is 11.8. The fourth-order valence-electron chi connectivity index (χ4n) is 2.81. The molecule has 2 heteroatoms. The average Bonchev–Trinajstić information content (AvgIpc) is 3.07. The zero-order valence-electron chi connectivity index (χ0n) is 10.9.